The van der Waals surface area contributed by atoms with Crippen LogP contribution in [0.15, 0.2) is 47.4 Å². The molecule has 1 atom stereocenters. The Morgan fingerprint density at radius 2 is 1.96 bits per heavy atom. The van der Waals surface area contributed by atoms with E-state index in [4.69, 9.17) is 23.2 Å². The van der Waals surface area contributed by atoms with Crippen molar-refractivity contribution < 1.29 is 4.90 Å². The molecule has 124 valence electrons. The van der Waals surface area contributed by atoms with Crippen LogP contribution in [0.4, 0.5) is 0 Å². The number of fused-ring (bicyclic) bond motifs is 1. The number of benzene rings is 1. The van der Waals surface area contributed by atoms with Gasteiger partial charge >= 0.3 is 0 Å². The van der Waals surface area contributed by atoms with Gasteiger partial charge in [-0.15, -0.1) is 0 Å². The molecule has 0 fully saturated rings. The van der Waals surface area contributed by atoms with Crippen molar-refractivity contribution in [3.63, 3.8) is 0 Å². The lowest BCUT2D eigenvalue weighted by atomic mass is 10.2. The minimum Gasteiger partial charge on any atom is -0.329 e. The molecule has 0 aliphatic carbocycles. The summed E-state index contributed by atoms with van der Waals surface area (Å²) in [5.74, 6) is 0. The molecule has 1 unspecified atom stereocenters. The van der Waals surface area contributed by atoms with Gasteiger partial charge in [-0.3, -0.25) is 9.20 Å². The molecule has 0 radical (unpaired) electrons. The Hall–Kier alpha value is -1.88. The summed E-state index contributed by atoms with van der Waals surface area (Å²) in [6.07, 6.45) is 1.74. The number of pyridine rings is 1. The highest BCUT2D eigenvalue weighted by atomic mass is 35.5. The molecular formula is C18H18Cl2N3O+. The highest BCUT2D eigenvalue weighted by Crippen LogP contribution is 2.24. The maximum Gasteiger partial charge on any atom is 0.258 e. The van der Waals surface area contributed by atoms with E-state index in [1.54, 1.807) is 22.7 Å². The van der Waals surface area contributed by atoms with E-state index in [9.17, 15) is 4.79 Å². The van der Waals surface area contributed by atoms with Gasteiger partial charge in [-0.25, -0.2) is 4.98 Å². The quantitative estimate of drug-likeness (QED) is 0.774. The van der Waals surface area contributed by atoms with Crippen molar-refractivity contribution >= 4 is 28.8 Å². The minimum atomic E-state index is -0.0627. The van der Waals surface area contributed by atoms with Crippen molar-refractivity contribution in [2.24, 2.45) is 0 Å². The lowest BCUT2D eigenvalue weighted by Gasteiger charge is -2.15. The summed E-state index contributed by atoms with van der Waals surface area (Å²) < 4.78 is 1.57. The van der Waals surface area contributed by atoms with Crippen LogP contribution in [0.2, 0.25) is 10.0 Å². The Morgan fingerprint density at radius 3 is 2.75 bits per heavy atom. The van der Waals surface area contributed by atoms with E-state index in [2.05, 4.69) is 4.98 Å². The molecule has 2 aromatic heterocycles. The standard InChI is InChI=1S/C18H17Cl2N3O/c1-12-5-4-8-23-16(24)9-14(21-18(12)23)11-22(2)10-13-6-3-7-15(19)17(13)20/h3-9H,10-11H2,1-2H3/p+1. The Bertz CT molecular complexity index is 953. The van der Waals surface area contributed by atoms with Gasteiger partial charge in [-0.2, -0.15) is 0 Å². The topological polar surface area (TPSA) is 38.8 Å². The van der Waals surface area contributed by atoms with E-state index in [-0.39, 0.29) is 5.56 Å². The van der Waals surface area contributed by atoms with Gasteiger partial charge in [0, 0.05) is 17.8 Å². The van der Waals surface area contributed by atoms with Crippen molar-refractivity contribution in [3.05, 3.63) is 79.8 Å². The predicted molar refractivity (Wildman–Crippen MR) is 97.0 cm³/mol. The van der Waals surface area contributed by atoms with Crippen LogP contribution < -0.4 is 10.5 Å². The maximum absolute atomic E-state index is 12.3. The third-order valence-electron chi connectivity index (χ3n) is 3.95. The summed E-state index contributed by atoms with van der Waals surface area (Å²) in [6, 6.07) is 11.0. The smallest absolute Gasteiger partial charge is 0.258 e. The maximum atomic E-state index is 12.3. The molecule has 2 heterocycles. The highest BCUT2D eigenvalue weighted by molar-refractivity contribution is 6.42. The number of hydrogen-bond donors (Lipinski definition) is 1. The average Bonchev–Trinajstić information content (AvgIpc) is 2.53. The predicted octanol–water partition coefficient (Wildman–Crippen LogP) is 2.52. The van der Waals surface area contributed by atoms with Gasteiger partial charge in [0.1, 0.15) is 24.4 Å². The van der Waals surface area contributed by atoms with Crippen LogP contribution in [0, 0.1) is 6.92 Å². The average molecular weight is 363 g/mol. The molecule has 0 spiro atoms. The van der Waals surface area contributed by atoms with Crippen molar-refractivity contribution in [2.75, 3.05) is 7.05 Å². The zero-order valence-corrected chi connectivity index (χ0v) is 15.0. The lowest BCUT2D eigenvalue weighted by Crippen LogP contribution is -3.06. The molecule has 4 nitrogen and oxygen atoms in total. The first-order valence-electron chi connectivity index (χ1n) is 7.68. The zero-order valence-electron chi connectivity index (χ0n) is 13.5. The first-order valence-corrected chi connectivity index (χ1v) is 8.43. The van der Waals surface area contributed by atoms with Gasteiger partial charge in [-0.05, 0) is 24.6 Å². The number of nitrogens with one attached hydrogen (secondary N) is 1. The van der Waals surface area contributed by atoms with Crippen LogP contribution >= 0.6 is 23.2 Å². The van der Waals surface area contributed by atoms with Crippen LogP contribution in [0.5, 0.6) is 0 Å². The van der Waals surface area contributed by atoms with Crippen molar-refractivity contribution in [1.29, 1.82) is 0 Å². The molecule has 1 aromatic carbocycles. The Balaban J connectivity index is 1.85. The molecule has 0 amide bonds. The Morgan fingerprint density at radius 1 is 1.17 bits per heavy atom. The summed E-state index contributed by atoms with van der Waals surface area (Å²) in [5.41, 5.74) is 3.37. The van der Waals surface area contributed by atoms with E-state index in [0.29, 0.717) is 28.8 Å². The molecule has 24 heavy (non-hydrogen) atoms. The van der Waals surface area contributed by atoms with E-state index in [1.807, 2.05) is 38.2 Å². The molecule has 0 saturated heterocycles. The fourth-order valence-electron chi connectivity index (χ4n) is 2.78. The monoisotopic (exact) mass is 362 g/mol. The first kappa shape index (κ1) is 17.0. The SMILES string of the molecule is Cc1cccn2c(=O)cc(C[NH+](C)Cc3cccc(Cl)c3Cl)nc12. The van der Waals surface area contributed by atoms with Gasteiger partial charge in [0.05, 0.1) is 17.1 Å². The number of hydrogen-bond acceptors (Lipinski definition) is 2. The van der Waals surface area contributed by atoms with Crippen LogP contribution in [0.3, 0.4) is 0 Å². The lowest BCUT2D eigenvalue weighted by molar-refractivity contribution is -0.908. The van der Waals surface area contributed by atoms with E-state index >= 15 is 0 Å². The van der Waals surface area contributed by atoms with Gasteiger partial charge in [-0.1, -0.05) is 41.4 Å². The normalized spacial score (nSPS) is 12.5. The number of quaternary nitrogens is 1. The van der Waals surface area contributed by atoms with E-state index in [1.165, 1.54) is 4.90 Å². The van der Waals surface area contributed by atoms with Crippen LogP contribution in [0.25, 0.3) is 5.65 Å². The third kappa shape index (κ3) is 3.46. The molecule has 0 aliphatic rings. The molecule has 1 N–H and O–H groups in total. The second kappa shape index (κ2) is 6.93. The third-order valence-corrected chi connectivity index (χ3v) is 4.80. The minimum absolute atomic E-state index is 0.0627. The molecule has 0 saturated carbocycles. The van der Waals surface area contributed by atoms with Gasteiger partial charge in [0.2, 0.25) is 0 Å². The summed E-state index contributed by atoms with van der Waals surface area (Å²) in [7, 11) is 2.04. The number of aryl methyl sites for hydroxylation is 1. The fourth-order valence-corrected chi connectivity index (χ4v) is 3.17. The molecule has 3 aromatic rings. The number of nitrogens with zero attached hydrogens (tertiary/aromatic N) is 2. The number of aromatic nitrogens is 2. The second-order valence-corrected chi connectivity index (χ2v) is 6.78. The Labute approximate surface area is 150 Å². The van der Waals surface area contributed by atoms with E-state index in [0.717, 1.165) is 16.8 Å². The molecule has 0 bridgehead atoms. The number of halogens is 2. The first-order chi connectivity index (χ1) is 11.5. The molecule has 6 heteroatoms. The second-order valence-electron chi connectivity index (χ2n) is 5.99. The van der Waals surface area contributed by atoms with Gasteiger partial charge in [0.15, 0.2) is 0 Å². The van der Waals surface area contributed by atoms with Crippen molar-refractivity contribution in [1.82, 2.24) is 9.38 Å². The van der Waals surface area contributed by atoms with Crippen molar-refractivity contribution in [3.8, 4) is 0 Å². The summed E-state index contributed by atoms with van der Waals surface area (Å²) in [6.45, 7) is 3.28. The molecular weight excluding hydrogens is 345 g/mol. The summed E-state index contributed by atoms with van der Waals surface area (Å²) in [4.78, 5) is 18.1. The van der Waals surface area contributed by atoms with Gasteiger partial charge < -0.3 is 4.90 Å². The largest absolute Gasteiger partial charge is 0.329 e. The van der Waals surface area contributed by atoms with Crippen LogP contribution in [-0.4, -0.2) is 16.4 Å². The Kier molecular flexibility index (Phi) is 4.90. The fraction of sp³-hybridized carbons (Fsp3) is 0.222. The van der Waals surface area contributed by atoms with Crippen LogP contribution in [0.1, 0.15) is 16.8 Å². The zero-order chi connectivity index (χ0) is 17.3. The van der Waals surface area contributed by atoms with Crippen molar-refractivity contribution in [2.45, 2.75) is 20.0 Å². The van der Waals surface area contributed by atoms with Gasteiger partial charge in [0.25, 0.3) is 5.56 Å². The molecule has 3 rings (SSSR count). The summed E-state index contributed by atoms with van der Waals surface area (Å²) in [5, 5.41) is 1.14. The highest BCUT2D eigenvalue weighted by Gasteiger charge is 2.13. The van der Waals surface area contributed by atoms with Crippen LogP contribution in [-0.2, 0) is 13.1 Å². The van der Waals surface area contributed by atoms with E-state index < -0.39 is 0 Å². The number of rotatable bonds is 4. The molecule has 0 aliphatic heterocycles. The summed E-state index contributed by atoms with van der Waals surface area (Å²) >= 11 is 12.3.